The fourth-order valence-electron chi connectivity index (χ4n) is 2.03. The van der Waals surface area contributed by atoms with Crippen molar-refractivity contribution in [2.45, 2.75) is 25.5 Å². The van der Waals surface area contributed by atoms with Gasteiger partial charge >= 0.3 is 0 Å². The van der Waals surface area contributed by atoms with Gasteiger partial charge in [-0.25, -0.2) is 0 Å². The van der Waals surface area contributed by atoms with Crippen LogP contribution in [0.3, 0.4) is 0 Å². The molecule has 2 aromatic rings. The van der Waals surface area contributed by atoms with Crippen LogP contribution in [0.2, 0.25) is 5.02 Å². The van der Waals surface area contributed by atoms with Gasteiger partial charge < -0.3 is 9.84 Å². The van der Waals surface area contributed by atoms with Crippen molar-refractivity contribution in [3.63, 3.8) is 0 Å². The first kappa shape index (κ1) is 15.0. The zero-order valence-electron chi connectivity index (χ0n) is 11.4. The maximum absolute atomic E-state index is 10.3. The first-order valence-electron chi connectivity index (χ1n) is 6.50. The zero-order chi connectivity index (χ0) is 14.4. The fourth-order valence-corrected chi connectivity index (χ4v) is 2.29. The molecule has 0 amide bonds. The highest BCUT2D eigenvalue weighted by Gasteiger charge is 2.18. The largest absolute Gasteiger partial charge is 0.387 e. The number of hydrogen-bond donors (Lipinski definition) is 1. The summed E-state index contributed by atoms with van der Waals surface area (Å²) in [5.74, 6) is 0. The molecule has 0 bridgehead atoms. The first-order chi connectivity index (χ1) is 9.72. The minimum Gasteiger partial charge on any atom is -0.387 e. The third-order valence-corrected chi connectivity index (χ3v) is 3.35. The highest BCUT2D eigenvalue weighted by Crippen LogP contribution is 2.26. The Balaban J connectivity index is 2.01. The van der Waals surface area contributed by atoms with Crippen LogP contribution in [0.15, 0.2) is 30.6 Å². The van der Waals surface area contributed by atoms with E-state index in [0.29, 0.717) is 36.7 Å². The van der Waals surface area contributed by atoms with Crippen LogP contribution in [0, 0.1) is 0 Å². The number of aromatic nitrogens is 3. The van der Waals surface area contributed by atoms with E-state index in [9.17, 15) is 5.11 Å². The number of pyridine rings is 1. The predicted molar refractivity (Wildman–Crippen MR) is 76.6 cm³/mol. The van der Waals surface area contributed by atoms with Crippen molar-refractivity contribution in [3.05, 3.63) is 47.0 Å². The van der Waals surface area contributed by atoms with Gasteiger partial charge in [0, 0.05) is 19.0 Å². The molecule has 1 atom stereocenters. The average molecular weight is 296 g/mol. The van der Waals surface area contributed by atoms with E-state index in [-0.39, 0.29) is 0 Å². The third-order valence-electron chi connectivity index (χ3n) is 3.06. The number of aliphatic hydroxyl groups excluding tert-OH is 1. The van der Waals surface area contributed by atoms with Crippen molar-refractivity contribution in [1.82, 2.24) is 14.8 Å². The van der Waals surface area contributed by atoms with Crippen LogP contribution in [0.4, 0.5) is 0 Å². The van der Waals surface area contributed by atoms with Crippen LogP contribution < -0.4 is 0 Å². The Bertz CT molecular complexity index is 530. The SMILES string of the molecule is COCCn1ncc(Cl)c1C(O)CCc1ccccn1. The van der Waals surface area contributed by atoms with Crippen molar-refractivity contribution < 1.29 is 9.84 Å². The van der Waals surface area contributed by atoms with E-state index in [1.807, 2.05) is 18.2 Å². The number of aryl methyl sites for hydroxylation is 1. The van der Waals surface area contributed by atoms with E-state index >= 15 is 0 Å². The summed E-state index contributed by atoms with van der Waals surface area (Å²) in [6.45, 7) is 1.09. The molecule has 20 heavy (non-hydrogen) atoms. The van der Waals surface area contributed by atoms with Gasteiger partial charge in [-0.2, -0.15) is 5.10 Å². The van der Waals surface area contributed by atoms with E-state index < -0.39 is 6.10 Å². The maximum Gasteiger partial charge on any atom is 0.0975 e. The Hall–Kier alpha value is -1.43. The molecule has 0 fully saturated rings. The Kier molecular flexibility index (Phi) is 5.52. The van der Waals surface area contributed by atoms with E-state index in [1.54, 1.807) is 24.2 Å². The van der Waals surface area contributed by atoms with Gasteiger partial charge in [0.2, 0.25) is 0 Å². The third kappa shape index (κ3) is 3.79. The van der Waals surface area contributed by atoms with Crippen molar-refractivity contribution in [3.8, 4) is 0 Å². The summed E-state index contributed by atoms with van der Waals surface area (Å²) >= 11 is 6.10. The quantitative estimate of drug-likeness (QED) is 0.851. The molecular weight excluding hydrogens is 278 g/mol. The number of ether oxygens (including phenoxy) is 1. The molecule has 2 rings (SSSR count). The molecule has 0 aliphatic carbocycles. The second-order valence-electron chi connectivity index (χ2n) is 4.47. The lowest BCUT2D eigenvalue weighted by atomic mass is 10.1. The molecule has 0 radical (unpaired) electrons. The highest BCUT2D eigenvalue weighted by molar-refractivity contribution is 6.31. The molecule has 0 aliphatic rings. The molecule has 0 saturated heterocycles. The molecule has 0 saturated carbocycles. The van der Waals surface area contributed by atoms with Gasteiger partial charge in [-0.05, 0) is 25.0 Å². The van der Waals surface area contributed by atoms with Gasteiger partial charge in [0.25, 0.3) is 0 Å². The molecular formula is C14H18ClN3O2. The van der Waals surface area contributed by atoms with Gasteiger partial charge in [-0.1, -0.05) is 17.7 Å². The number of halogens is 1. The van der Waals surface area contributed by atoms with Gasteiger partial charge in [0.05, 0.1) is 36.2 Å². The van der Waals surface area contributed by atoms with Gasteiger partial charge in [0.15, 0.2) is 0 Å². The molecule has 2 aromatic heterocycles. The summed E-state index contributed by atoms with van der Waals surface area (Å²) in [4.78, 5) is 4.24. The Morgan fingerprint density at radius 1 is 1.45 bits per heavy atom. The average Bonchev–Trinajstić information content (AvgIpc) is 2.84. The predicted octanol–water partition coefficient (Wildman–Crippen LogP) is 2.24. The minimum absolute atomic E-state index is 0.481. The lowest BCUT2D eigenvalue weighted by molar-refractivity contribution is 0.146. The second-order valence-corrected chi connectivity index (χ2v) is 4.88. The molecule has 108 valence electrons. The Morgan fingerprint density at radius 2 is 2.30 bits per heavy atom. The summed E-state index contributed by atoms with van der Waals surface area (Å²) < 4.78 is 6.71. The topological polar surface area (TPSA) is 60.2 Å². The fraction of sp³-hybridized carbons (Fsp3) is 0.429. The summed E-state index contributed by atoms with van der Waals surface area (Å²) in [5.41, 5.74) is 1.59. The number of aliphatic hydroxyl groups is 1. The van der Waals surface area contributed by atoms with Crippen LogP contribution in [0.1, 0.15) is 23.9 Å². The van der Waals surface area contributed by atoms with Gasteiger partial charge in [0.1, 0.15) is 0 Å². The van der Waals surface area contributed by atoms with E-state index in [1.165, 1.54) is 0 Å². The number of nitrogens with zero attached hydrogens (tertiary/aromatic N) is 3. The maximum atomic E-state index is 10.3. The molecule has 6 heteroatoms. The van der Waals surface area contributed by atoms with Crippen molar-refractivity contribution in [2.24, 2.45) is 0 Å². The molecule has 2 heterocycles. The van der Waals surface area contributed by atoms with Gasteiger partial charge in [-0.3, -0.25) is 9.67 Å². The molecule has 1 unspecified atom stereocenters. The Labute approximate surface area is 123 Å². The number of hydrogen-bond acceptors (Lipinski definition) is 4. The normalized spacial score (nSPS) is 12.6. The monoisotopic (exact) mass is 295 g/mol. The molecule has 0 aliphatic heterocycles. The zero-order valence-corrected chi connectivity index (χ0v) is 12.1. The molecule has 0 spiro atoms. The van der Waals surface area contributed by atoms with Gasteiger partial charge in [-0.15, -0.1) is 0 Å². The van der Waals surface area contributed by atoms with E-state index in [2.05, 4.69) is 10.1 Å². The summed E-state index contributed by atoms with van der Waals surface area (Å²) in [5, 5.41) is 15.0. The minimum atomic E-state index is -0.663. The van der Waals surface area contributed by atoms with Crippen LogP contribution >= 0.6 is 11.6 Å². The smallest absolute Gasteiger partial charge is 0.0975 e. The van der Waals surface area contributed by atoms with Crippen molar-refractivity contribution in [2.75, 3.05) is 13.7 Å². The van der Waals surface area contributed by atoms with Crippen LogP contribution in [-0.4, -0.2) is 33.6 Å². The van der Waals surface area contributed by atoms with Crippen molar-refractivity contribution in [1.29, 1.82) is 0 Å². The molecule has 5 nitrogen and oxygen atoms in total. The number of rotatable bonds is 7. The number of methoxy groups -OCH3 is 1. The van der Waals surface area contributed by atoms with Crippen molar-refractivity contribution >= 4 is 11.6 Å². The summed E-state index contributed by atoms with van der Waals surface area (Å²) in [6, 6.07) is 5.75. The highest BCUT2D eigenvalue weighted by atomic mass is 35.5. The van der Waals surface area contributed by atoms with Crippen LogP contribution in [0.25, 0.3) is 0 Å². The van der Waals surface area contributed by atoms with Crippen LogP contribution in [0.5, 0.6) is 0 Å². The van der Waals surface area contributed by atoms with E-state index in [4.69, 9.17) is 16.3 Å². The first-order valence-corrected chi connectivity index (χ1v) is 6.88. The standard InChI is InChI=1S/C14H18ClN3O2/c1-20-9-8-18-14(12(15)10-17-18)13(19)6-5-11-4-2-3-7-16-11/h2-4,7,10,13,19H,5-6,8-9H2,1H3. The summed E-state index contributed by atoms with van der Waals surface area (Å²) in [6.07, 6.45) is 3.88. The molecule has 0 aromatic carbocycles. The lowest BCUT2D eigenvalue weighted by Crippen LogP contribution is -2.13. The summed E-state index contributed by atoms with van der Waals surface area (Å²) in [7, 11) is 1.63. The molecule has 1 N–H and O–H groups in total. The Morgan fingerprint density at radius 3 is 3.00 bits per heavy atom. The van der Waals surface area contributed by atoms with Crippen LogP contribution in [-0.2, 0) is 17.7 Å². The lowest BCUT2D eigenvalue weighted by Gasteiger charge is -2.13. The van der Waals surface area contributed by atoms with E-state index in [0.717, 1.165) is 5.69 Å². The second kappa shape index (κ2) is 7.38.